The first-order valence-corrected chi connectivity index (χ1v) is 10.3. The van der Waals surface area contributed by atoms with Gasteiger partial charge in [-0.3, -0.25) is 10.2 Å². The van der Waals surface area contributed by atoms with Gasteiger partial charge in [0.05, 0.1) is 35.4 Å². The number of aryl methyl sites for hydroxylation is 1. The molecule has 9 nitrogen and oxygen atoms in total. The number of nitrogens with one attached hydrogen (secondary N) is 2. The molecule has 1 fully saturated rings. The number of hydrogen-bond acceptors (Lipinski definition) is 8. The first kappa shape index (κ1) is 19.2. The summed E-state index contributed by atoms with van der Waals surface area (Å²) < 4.78 is 29.8. The number of carbonyl (C=O) groups is 1. The molecule has 1 aliphatic heterocycles. The number of morpholine rings is 1. The Labute approximate surface area is 160 Å². The van der Waals surface area contributed by atoms with Crippen LogP contribution in [0.2, 0.25) is 0 Å². The number of amides is 1. The topological polar surface area (TPSA) is 124 Å². The van der Waals surface area contributed by atoms with E-state index in [1.54, 1.807) is 6.92 Å². The van der Waals surface area contributed by atoms with E-state index in [2.05, 4.69) is 15.2 Å². The second kappa shape index (κ2) is 8.01. The molecule has 2 N–H and O–H groups in total. The molecule has 0 unspecified atom stereocenters. The third kappa shape index (κ3) is 4.42. The summed E-state index contributed by atoms with van der Waals surface area (Å²) in [4.78, 5) is 21.1. The normalized spacial score (nSPS) is 14.6. The van der Waals surface area contributed by atoms with E-state index in [0.717, 1.165) is 0 Å². The number of aromatic nitrogens is 1. The lowest BCUT2D eigenvalue weighted by atomic mass is 10.2. The molecule has 0 radical (unpaired) electrons. The fraction of sp³-hybridized carbons (Fsp3) is 0.312. The van der Waals surface area contributed by atoms with Gasteiger partial charge in [0, 0.05) is 13.1 Å². The number of ether oxygens (including phenoxy) is 1. The third-order valence-corrected chi connectivity index (χ3v) is 6.35. The van der Waals surface area contributed by atoms with E-state index in [0.29, 0.717) is 47.6 Å². The molecule has 1 saturated heterocycles. The fourth-order valence-electron chi connectivity index (χ4n) is 2.42. The summed E-state index contributed by atoms with van der Waals surface area (Å²) in [7, 11) is -3.95. The van der Waals surface area contributed by atoms with Gasteiger partial charge in [-0.2, -0.15) is 5.26 Å². The molecule has 1 aliphatic rings. The molecule has 0 bridgehead atoms. The zero-order valence-electron chi connectivity index (χ0n) is 14.4. The van der Waals surface area contributed by atoms with Gasteiger partial charge in [0.25, 0.3) is 15.9 Å². The van der Waals surface area contributed by atoms with Crippen molar-refractivity contribution in [3.05, 3.63) is 40.4 Å². The standard InChI is InChI=1S/C16H17N5O4S2/c1-11-14(26-16(18-11)21-6-8-25-9-7-21)15(22)19-20-27(23,24)13-4-2-12(10-17)3-5-13/h2-5,20H,6-9H2,1H3,(H,19,22). The highest BCUT2D eigenvalue weighted by Crippen LogP contribution is 2.26. The molecular weight excluding hydrogens is 390 g/mol. The summed E-state index contributed by atoms with van der Waals surface area (Å²) in [6, 6.07) is 7.27. The molecular formula is C16H17N5O4S2. The molecule has 2 heterocycles. The molecule has 0 saturated carbocycles. The van der Waals surface area contributed by atoms with Crippen LogP contribution in [0.3, 0.4) is 0 Å². The average Bonchev–Trinajstić information content (AvgIpc) is 3.09. The minimum absolute atomic E-state index is 0.0585. The number of nitrogens with zero attached hydrogens (tertiary/aromatic N) is 3. The summed E-state index contributed by atoms with van der Waals surface area (Å²) in [6.07, 6.45) is 0. The lowest BCUT2D eigenvalue weighted by Gasteiger charge is -2.25. The maximum atomic E-state index is 12.4. The summed E-state index contributed by atoms with van der Waals surface area (Å²) in [5.41, 5.74) is 3.07. The Bertz CT molecular complexity index is 973. The first-order valence-electron chi connectivity index (χ1n) is 8.03. The number of thiazole rings is 1. The van der Waals surface area contributed by atoms with Crippen LogP contribution < -0.4 is 15.2 Å². The second-order valence-corrected chi connectivity index (χ2v) is 8.37. The van der Waals surface area contributed by atoms with Crippen molar-refractivity contribution in [1.29, 1.82) is 5.26 Å². The van der Waals surface area contributed by atoms with E-state index < -0.39 is 15.9 Å². The van der Waals surface area contributed by atoms with E-state index in [4.69, 9.17) is 10.00 Å². The predicted octanol–water partition coefficient (Wildman–Crippen LogP) is 0.783. The molecule has 0 spiro atoms. The largest absolute Gasteiger partial charge is 0.378 e. The molecule has 11 heteroatoms. The summed E-state index contributed by atoms with van der Waals surface area (Å²) in [5, 5.41) is 9.47. The van der Waals surface area contributed by atoms with E-state index in [-0.39, 0.29) is 4.90 Å². The summed E-state index contributed by atoms with van der Waals surface area (Å²) in [5.74, 6) is -0.582. The Kier molecular flexibility index (Phi) is 5.71. The number of hydrazine groups is 1. The van der Waals surface area contributed by atoms with Gasteiger partial charge in [-0.25, -0.2) is 13.4 Å². The van der Waals surface area contributed by atoms with Crippen LogP contribution in [0, 0.1) is 18.3 Å². The van der Waals surface area contributed by atoms with Crippen LogP contribution in [0.25, 0.3) is 0 Å². The second-order valence-electron chi connectivity index (χ2n) is 5.71. The Morgan fingerprint density at radius 3 is 2.59 bits per heavy atom. The van der Waals surface area contributed by atoms with Gasteiger partial charge < -0.3 is 9.64 Å². The van der Waals surface area contributed by atoms with E-state index in [9.17, 15) is 13.2 Å². The van der Waals surface area contributed by atoms with E-state index in [1.807, 2.05) is 11.0 Å². The van der Waals surface area contributed by atoms with Crippen molar-refractivity contribution >= 4 is 32.4 Å². The van der Waals surface area contributed by atoms with Crippen molar-refractivity contribution in [2.24, 2.45) is 0 Å². The smallest absolute Gasteiger partial charge is 0.278 e. The Morgan fingerprint density at radius 2 is 1.96 bits per heavy atom. The van der Waals surface area contributed by atoms with Gasteiger partial charge in [0.15, 0.2) is 5.13 Å². The highest BCUT2D eigenvalue weighted by atomic mass is 32.2. The predicted molar refractivity (Wildman–Crippen MR) is 98.8 cm³/mol. The van der Waals surface area contributed by atoms with Crippen LogP contribution >= 0.6 is 11.3 Å². The number of benzene rings is 1. The number of anilines is 1. The number of nitriles is 1. The van der Waals surface area contributed by atoms with Crippen LogP contribution in [0.5, 0.6) is 0 Å². The Hall–Kier alpha value is -2.52. The Balaban J connectivity index is 1.68. The minimum Gasteiger partial charge on any atom is -0.378 e. The van der Waals surface area contributed by atoms with Crippen molar-refractivity contribution in [2.45, 2.75) is 11.8 Å². The fourth-order valence-corrected chi connectivity index (χ4v) is 4.27. The lowest BCUT2D eigenvalue weighted by molar-refractivity contribution is 0.0948. The van der Waals surface area contributed by atoms with Crippen LogP contribution in [0.15, 0.2) is 29.2 Å². The molecule has 0 aliphatic carbocycles. The van der Waals surface area contributed by atoms with Crippen LogP contribution in [0.1, 0.15) is 20.9 Å². The van der Waals surface area contributed by atoms with Gasteiger partial charge >= 0.3 is 0 Å². The Morgan fingerprint density at radius 1 is 1.30 bits per heavy atom. The zero-order valence-corrected chi connectivity index (χ0v) is 16.1. The highest BCUT2D eigenvalue weighted by molar-refractivity contribution is 7.89. The van der Waals surface area contributed by atoms with Gasteiger partial charge in [0.1, 0.15) is 4.88 Å². The zero-order chi connectivity index (χ0) is 19.4. The maximum Gasteiger partial charge on any atom is 0.278 e. The van der Waals surface area contributed by atoms with E-state index in [1.165, 1.54) is 35.6 Å². The van der Waals surface area contributed by atoms with Crippen LogP contribution in [0.4, 0.5) is 5.13 Å². The van der Waals surface area contributed by atoms with Gasteiger partial charge in [-0.15, -0.1) is 4.83 Å². The molecule has 1 aromatic heterocycles. The quantitative estimate of drug-likeness (QED) is 0.702. The molecule has 2 aromatic rings. The maximum absolute atomic E-state index is 12.4. The minimum atomic E-state index is -3.95. The number of rotatable bonds is 5. The summed E-state index contributed by atoms with van der Waals surface area (Å²) >= 11 is 1.20. The molecule has 3 rings (SSSR count). The van der Waals surface area contributed by atoms with Crippen LogP contribution in [-0.4, -0.2) is 45.6 Å². The van der Waals surface area contributed by atoms with Crippen molar-refractivity contribution < 1.29 is 17.9 Å². The molecule has 0 atom stereocenters. The number of hydrogen-bond donors (Lipinski definition) is 2. The SMILES string of the molecule is Cc1nc(N2CCOCC2)sc1C(=O)NNS(=O)(=O)c1ccc(C#N)cc1. The average molecular weight is 407 g/mol. The van der Waals surface area contributed by atoms with Gasteiger partial charge in [0.2, 0.25) is 0 Å². The first-order chi connectivity index (χ1) is 12.9. The third-order valence-electron chi connectivity index (χ3n) is 3.87. The van der Waals surface area contributed by atoms with Gasteiger partial charge in [-0.05, 0) is 31.2 Å². The van der Waals surface area contributed by atoms with E-state index >= 15 is 0 Å². The van der Waals surface area contributed by atoms with Gasteiger partial charge in [-0.1, -0.05) is 11.3 Å². The lowest BCUT2D eigenvalue weighted by Crippen LogP contribution is -2.41. The molecule has 1 amide bonds. The highest BCUT2D eigenvalue weighted by Gasteiger charge is 2.22. The van der Waals surface area contributed by atoms with Crippen molar-refractivity contribution in [3.8, 4) is 6.07 Å². The van der Waals surface area contributed by atoms with Crippen molar-refractivity contribution in [1.82, 2.24) is 15.2 Å². The summed E-state index contributed by atoms with van der Waals surface area (Å²) in [6.45, 7) is 4.29. The number of carbonyl (C=O) groups excluding carboxylic acids is 1. The van der Waals surface area contributed by atoms with Crippen molar-refractivity contribution in [3.63, 3.8) is 0 Å². The monoisotopic (exact) mass is 407 g/mol. The van der Waals surface area contributed by atoms with Crippen LogP contribution in [-0.2, 0) is 14.8 Å². The van der Waals surface area contributed by atoms with Crippen molar-refractivity contribution in [2.75, 3.05) is 31.2 Å². The molecule has 1 aromatic carbocycles. The number of sulfonamides is 1. The molecule has 27 heavy (non-hydrogen) atoms. The molecule has 142 valence electrons.